The van der Waals surface area contributed by atoms with Crippen LogP contribution in [0, 0.1) is 13.8 Å². The molecule has 0 aliphatic heterocycles. The number of hydrogen-bond donors (Lipinski definition) is 1. The normalized spacial score (nSPS) is 10.2. The molecule has 1 N–H and O–H groups in total. The van der Waals surface area contributed by atoms with Crippen LogP contribution < -0.4 is 5.32 Å². The van der Waals surface area contributed by atoms with Crippen molar-refractivity contribution >= 4 is 11.7 Å². The van der Waals surface area contributed by atoms with Crippen molar-refractivity contribution in [2.24, 2.45) is 0 Å². The van der Waals surface area contributed by atoms with Crippen LogP contribution in [0.4, 0.5) is 10.5 Å². The van der Waals surface area contributed by atoms with Gasteiger partial charge in [0.25, 0.3) is 0 Å². The van der Waals surface area contributed by atoms with E-state index in [4.69, 9.17) is 0 Å². The first-order chi connectivity index (χ1) is 8.58. The van der Waals surface area contributed by atoms with Gasteiger partial charge in [-0.25, -0.2) is 4.79 Å². The van der Waals surface area contributed by atoms with Crippen LogP contribution in [0.5, 0.6) is 0 Å². The number of nitrogens with one attached hydrogen (secondary N) is 1. The van der Waals surface area contributed by atoms with Gasteiger partial charge in [0.05, 0.1) is 0 Å². The summed E-state index contributed by atoms with van der Waals surface area (Å²) in [6, 6.07) is 6.12. The van der Waals surface area contributed by atoms with E-state index in [1.165, 1.54) is 0 Å². The van der Waals surface area contributed by atoms with Crippen molar-refractivity contribution in [2.75, 3.05) is 18.4 Å². The molecule has 0 unspecified atom stereocenters. The highest BCUT2D eigenvalue weighted by molar-refractivity contribution is 5.90. The summed E-state index contributed by atoms with van der Waals surface area (Å²) in [5, 5.41) is 3.01. The van der Waals surface area contributed by atoms with Gasteiger partial charge in [-0.1, -0.05) is 26.0 Å². The fraction of sp³-hybridized carbons (Fsp3) is 0.533. The molecule has 0 aromatic heterocycles. The van der Waals surface area contributed by atoms with Gasteiger partial charge in [-0.3, -0.25) is 0 Å². The molecule has 0 aliphatic rings. The number of aryl methyl sites for hydroxylation is 2. The first-order valence-electron chi connectivity index (χ1n) is 6.71. The largest absolute Gasteiger partial charge is 0.325 e. The van der Waals surface area contributed by atoms with Gasteiger partial charge >= 0.3 is 6.03 Å². The van der Waals surface area contributed by atoms with Crippen LogP contribution in [0.25, 0.3) is 0 Å². The summed E-state index contributed by atoms with van der Waals surface area (Å²) in [7, 11) is 0. The predicted octanol–water partition coefficient (Wildman–Crippen LogP) is 3.96. The second-order valence-corrected chi connectivity index (χ2v) is 4.74. The van der Waals surface area contributed by atoms with E-state index in [2.05, 4.69) is 25.2 Å². The van der Waals surface area contributed by atoms with E-state index in [1.54, 1.807) is 0 Å². The number of urea groups is 1. The van der Waals surface area contributed by atoms with Crippen LogP contribution in [-0.2, 0) is 0 Å². The Kier molecular flexibility index (Phi) is 5.69. The lowest BCUT2D eigenvalue weighted by Gasteiger charge is -2.22. The molecule has 0 bridgehead atoms. The van der Waals surface area contributed by atoms with Crippen molar-refractivity contribution in [3.05, 3.63) is 29.3 Å². The molecular formula is C15H24N2O. The second kappa shape index (κ2) is 7.04. The summed E-state index contributed by atoms with van der Waals surface area (Å²) in [5.74, 6) is 0. The number of nitrogens with zero attached hydrogens (tertiary/aromatic N) is 1. The standard InChI is InChI=1S/C15H24N2O/c1-5-9-17(10-6-2)15(18)16-14-11-12(3)7-8-13(14)4/h7-8,11H,5-6,9-10H2,1-4H3,(H,16,18). The molecule has 0 aliphatic carbocycles. The van der Waals surface area contributed by atoms with Crippen LogP contribution in [-0.4, -0.2) is 24.0 Å². The second-order valence-electron chi connectivity index (χ2n) is 4.74. The minimum atomic E-state index is 0.00685. The van der Waals surface area contributed by atoms with Gasteiger partial charge in [-0.2, -0.15) is 0 Å². The Morgan fingerprint density at radius 2 is 1.78 bits per heavy atom. The molecule has 3 nitrogen and oxygen atoms in total. The minimum Gasteiger partial charge on any atom is -0.325 e. The molecule has 0 spiro atoms. The lowest BCUT2D eigenvalue weighted by molar-refractivity contribution is 0.211. The van der Waals surface area contributed by atoms with Gasteiger partial charge in [0.15, 0.2) is 0 Å². The molecule has 1 aromatic rings. The van der Waals surface area contributed by atoms with Crippen molar-refractivity contribution in [2.45, 2.75) is 40.5 Å². The highest BCUT2D eigenvalue weighted by atomic mass is 16.2. The molecule has 100 valence electrons. The van der Waals surface area contributed by atoms with E-state index in [9.17, 15) is 4.79 Å². The SMILES string of the molecule is CCCN(CCC)C(=O)Nc1cc(C)ccc1C. The molecule has 1 rings (SSSR count). The van der Waals surface area contributed by atoms with Crippen LogP contribution in [0.3, 0.4) is 0 Å². The molecule has 18 heavy (non-hydrogen) atoms. The average molecular weight is 248 g/mol. The average Bonchev–Trinajstić information content (AvgIpc) is 2.33. The molecule has 1 aromatic carbocycles. The zero-order chi connectivity index (χ0) is 13.5. The monoisotopic (exact) mass is 248 g/mol. The van der Waals surface area contributed by atoms with Crippen LogP contribution >= 0.6 is 0 Å². The number of rotatable bonds is 5. The molecule has 0 fully saturated rings. The topological polar surface area (TPSA) is 32.3 Å². The fourth-order valence-electron chi connectivity index (χ4n) is 1.92. The van der Waals surface area contributed by atoms with Gasteiger partial charge in [0.1, 0.15) is 0 Å². The zero-order valence-electron chi connectivity index (χ0n) is 11.9. The van der Waals surface area contributed by atoms with Gasteiger partial charge in [0, 0.05) is 18.8 Å². The van der Waals surface area contributed by atoms with E-state index in [-0.39, 0.29) is 6.03 Å². The summed E-state index contributed by atoms with van der Waals surface area (Å²) in [6.07, 6.45) is 1.97. The fourth-order valence-corrected chi connectivity index (χ4v) is 1.92. The summed E-state index contributed by atoms with van der Waals surface area (Å²) in [6.45, 7) is 9.85. The van der Waals surface area contributed by atoms with Crippen molar-refractivity contribution in [3.8, 4) is 0 Å². The number of carbonyl (C=O) groups is 1. The third kappa shape index (κ3) is 4.06. The van der Waals surface area contributed by atoms with E-state index < -0.39 is 0 Å². The van der Waals surface area contributed by atoms with Crippen molar-refractivity contribution in [3.63, 3.8) is 0 Å². The minimum absolute atomic E-state index is 0.00685. The Morgan fingerprint density at radius 1 is 1.17 bits per heavy atom. The number of amides is 2. The van der Waals surface area contributed by atoms with Gasteiger partial charge in [0.2, 0.25) is 0 Å². The quantitative estimate of drug-likeness (QED) is 0.840. The highest BCUT2D eigenvalue weighted by Crippen LogP contribution is 2.17. The summed E-state index contributed by atoms with van der Waals surface area (Å²) in [5.41, 5.74) is 3.17. The zero-order valence-corrected chi connectivity index (χ0v) is 11.9. The molecular weight excluding hydrogens is 224 g/mol. The number of carbonyl (C=O) groups excluding carboxylic acids is 1. The third-order valence-electron chi connectivity index (χ3n) is 2.91. The number of benzene rings is 1. The maximum absolute atomic E-state index is 12.2. The Balaban J connectivity index is 2.75. The highest BCUT2D eigenvalue weighted by Gasteiger charge is 2.12. The van der Waals surface area contributed by atoms with Crippen LogP contribution in [0.15, 0.2) is 18.2 Å². The molecule has 0 saturated carbocycles. The molecule has 0 heterocycles. The summed E-state index contributed by atoms with van der Waals surface area (Å²) < 4.78 is 0. The molecule has 3 heteroatoms. The number of anilines is 1. The predicted molar refractivity (Wildman–Crippen MR) is 77.1 cm³/mol. The van der Waals surface area contributed by atoms with E-state index >= 15 is 0 Å². The van der Waals surface area contributed by atoms with Gasteiger partial charge < -0.3 is 10.2 Å². The van der Waals surface area contributed by atoms with Crippen molar-refractivity contribution in [1.82, 2.24) is 4.90 Å². The van der Waals surface area contributed by atoms with Crippen LogP contribution in [0.1, 0.15) is 37.8 Å². The summed E-state index contributed by atoms with van der Waals surface area (Å²) >= 11 is 0. The lowest BCUT2D eigenvalue weighted by atomic mass is 10.1. The van der Waals surface area contributed by atoms with Crippen molar-refractivity contribution in [1.29, 1.82) is 0 Å². The first-order valence-corrected chi connectivity index (χ1v) is 6.71. The van der Waals surface area contributed by atoms with E-state index in [1.807, 2.05) is 30.9 Å². The van der Waals surface area contributed by atoms with Gasteiger partial charge in [-0.05, 0) is 43.9 Å². The lowest BCUT2D eigenvalue weighted by Crippen LogP contribution is -2.36. The smallest absolute Gasteiger partial charge is 0.321 e. The van der Waals surface area contributed by atoms with E-state index in [0.29, 0.717) is 0 Å². The van der Waals surface area contributed by atoms with Gasteiger partial charge in [-0.15, -0.1) is 0 Å². The maximum Gasteiger partial charge on any atom is 0.321 e. The van der Waals surface area contributed by atoms with Crippen LogP contribution in [0.2, 0.25) is 0 Å². The molecule has 0 radical (unpaired) electrons. The third-order valence-corrected chi connectivity index (χ3v) is 2.91. The first kappa shape index (κ1) is 14.6. The molecule has 0 atom stereocenters. The molecule has 0 saturated heterocycles. The Bertz CT molecular complexity index is 395. The van der Waals surface area contributed by atoms with E-state index in [0.717, 1.165) is 42.7 Å². The Morgan fingerprint density at radius 3 is 2.33 bits per heavy atom. The van der Waals surface area contributed by atoms with Crippen molar-refractivity contribution < 1.29 is 4.79 Å². The Labute approximate surface area is 110 Å². The Hall–Kier alpha value is -1.51. The number of hydrogen-bond acceptors (Lipinski definition) is 1. The summed E-state index contributed by atoms with van der Waals surface area (Å²) in [4.78, 5) is 14.0. The maximum atomic E-state index is 12.2. The molecule has 2 amide bonds.